The Hall–Kier alpha value is -1.32. The molecule has 0 bridgehead atoms. The molecule has 102 valence electrons. The Labute approximate surface area is 109 Å². The van der Waals surface area contributed by atoms with Crippen molar-refractivity contribution >= 4 is 11.8 Å². The molecule has 0 radical (unpaired) electrons. The molecule has 1 N–H and O–H groups in total. The Morgan fingerprint density at radius 1 is 1.33 bits per heavy atom. The zero-order valence-electron chi connectivity index (χ0n) is 11.3. The summed E-state index contributed by atoms with van der Waals surface area (Å²) >= 11 is 0. The molecule has 4 nitrogen and oxygen atoms in total. The van der Waals surface area contributed by atoms with Gasteiger partial charge in [-0.15, -0.1) is 0 Å². The van der Waals surface area contributed by atoms with Crippen molar-refractivity contribution in [3.8, 4) is 0 Å². The Morgan fingerprint density at radius 2 is 2.00 bits per heavy atom. The van der Waals surface area contributed by atoms with Gasteiger partial charge in [-0.3, -0.25) is 9.59 Å². The number of nitrogens with one attached hydrogen (secondary N) is 1. The van der Waals surface area contributed by atoms with E-state index in [1.165, 1.54) is 6.08 Å². The van der Waals surface area contributed by atoms with Crippen molar-refractivity contribution in [3.63, 3.8) is 0 Å². The summed E-state index contributed by atoms with van der Waals surface area (Å²) in [5, 5.41) is 2.71. The molecule has 1 rings (SSSR count). The van der Waals surface area contributed by atoms with Gasteiger partial charge < -0.3 is 10.2 Å². The van der Waals surface area contributed by atoms with Crippen LogP contribution in [0.1, 0.15) is 39.0 Å². The third-order valence-corrected chi connectivity index (χ3v) is 3.44. The minimum absolute atomic E-state index is 0.147. The van der Waals surface area contributed by atoms with Crippen LogP contribution in [0.4, 0.5) is 0 Å². The molecule has 18 heavy (non-hydrogen) atoms. The first-order valence-corrected chi connectivity index (χ1v) is 6.81. The van der Waals surface area contributed by atoms with E-state index >= 15 is 0 Å². The van der Waals surface area contributed by atoms with Crippen LogP contribution in [0.3, 0.4) is 0 Å². The lowest BCUT2D eigenvalue weighted by molar-refractivity contribution is -0.132. The second kappa shape index (κ2) is 7.90. The van der Waals surface area contributed by atoms with Crippen LogP contribution in [0.15, 0.2) is 12.7 Å². The summed E-state index contributed by atoms with van der Waals surface area (Å²) in [6, 6.07) is 0. The minimum Gasteiger partial charge on any atom is -0.353 e. The van der Waals surface area contributed by atoms with Gasteiger partial charge in [-0.05, 0) is 37.7 Å². The molecule has 0 spiro atoms. The standard InChI is InChI=1S/C14H24N2O2/c1-3-13(17)15-9-5-4-6-14(18)16-10-7-12(2)8-11-16/h3,12H,1,4-11H2,2H3,(H,15,17). The van der Waals surface area contributed by atoms with Crippen LogP contribution in [0.25, 0.3) is 0 Å². The molecule has 4 heteroatoms. The highest BCUT2D eigenvalue weighted by Crippen LogP contribution is 2.17. The number of nitrogens with zero attached hydrogens (tertiary/aromatic N) is 1. The molecule has 1 fully saturated rings. The first-order chi connectivity index (χ1) is 8.63. The van der Waals surface area contributed by atoms with Gasteiger partial charge in [0.2, 0.25) is 11.8 Å². The summed E-state index contributed by atoms with van der Waals surface area (Å²) in [5.41, 5.74) is 0. The quantitative estimate of drug-likeness (QED) is 0.578. The highest BCUT2D eigenvalue weighted by atomic mass is 16.2. The Kier molecular flexibility index (Phi) is 6.47. The Balaban J connectivity index is 2.06. The van der Waals surface area contributed by atoms with Gasteiger partial charge in [0, 0.05) is 26.1 Å². The lowest BCUT2D eigenvalue weighted by Gasteiger charge is -2.30. The van der Waals surface area contributed by atoms with E-state index < -0.39 is 0 Å². The van der Waals surface area contributed by atoms with E-state index in [1.807, 2.05) is 4.90 Å². The van der Waals surface area contributed by atoms with Gasteiger partial charge in [0.1, 0.15) is 0 Å². The SMILES string of the molecule is C=CC(=O)NCCCCC(=O)N1CCC(C)CC1. The van der Waals surface area contributed by atoms with Crippen molar-refractivity contribution in [3.05, 3.63) is 12.7 Å². The Bertz CT molecular complexity index is 294. The number of carbonyl (C=O) groups excluding carboxylic acids is 2. The summed E-state index contributed by atoms with van der Waals surface area (Å²) in [6.45, 7) is 8.06. The average Bonchev–Trinajstić information content (AvgIpc) is 2.38. The predicted octanol–water partition coefficient (Wildman–Crippen LogP) is 1.72. The van der Waals surface area contributed by atoms with Gasteiger partial charge in [0.05, 0.1) is 0 Å². The average molecular weight is 252 g/mol. The monoisotopic (exact) mass is 252 g/mol. The van der Waals surface area contributed by atoms with Crippen molar-refractivity contribution in [1.29, 1.82) is 0 Å². The largest absolute Gasteiger partial charge is 0.353 e. The first kappa shape index (κ1) is 14.7. The van der Waals surface area contributed by atoms with Crippen molar-refractivity contribution in [1.82, 2.24) is 10.2 Å². The van der Waals surface area contributed by atoms with Crippen LogP contribution in [-0.4, -0.2) is 36.3 Å². The highest BCUT2D eigenvalue weighted by Gasteiger charge is 2.19. The third kappa shape index (κ3) is 5.34. The molecule has 1 saturated heterocycles. The molecule has 0 unspecified atom stereocenters. The number of rotatable bonds is 6. The summed E-state index contributed by atoms with van der Waals surface area (Å²) in [4.78, 5) is 24.7. The molecule has 0 aliphatic carbocycles. The fourth-order valence-corrected chi connectivity index (χ4v) is 2.10. The van der Waals surface area contributed by atoms with Crippen molar-refractivity contribution in [2.75, 3.05) is 19.6 Å². The maximum atomic E-state index is 11.9. The van der Waals surface area contributed by atoms with E-state index in [0.29, 0.717) is 13.0 Å². The molecular formula is C14H24N2O2. The van der Waals surface area contributed by atoms with Crippen LogP contribution in [-0.2, 0) is 9.59 Å². The number of likely N-dealkylation sites (tertiary alicyclic amines) is 1. The molecule has 0 aromatic rings. The fourth-order valence-electron chi connectivity index (χ4n) is 2.10. The van der Waals surface area contributed by atoms with E-state index in [1.54, 1.807) is 0 Å². The summed E-state index contributed by atoms with van der Waals surface area (Å²) in [7, 11) is 0. The molecule has 1 aliphatic heterocycles. The number of piperidine rings is 1. The zero-order valence-corrected chi connectivity index (χ0v) is 11.3. The molecule has 1 heterocycles. The smallest absolute Gasteiger partial charge is 0.243 e. The van der Waals surface area contributed by atoms with E-state index in [-0.39, 0.29) is 11.8 Å². The van der Waals surface area contributed by atoms with Gasteiger partial charge in [0.25, 0.3) is 0 Å². The Morgan fingerprint density at radius 3 is 2.61 bits per heavy atom. The van der Waals surface area contributed by atoms with Crippen LogP contribution in [0, 0.1) is 5.92 Å². The van der Waals surface area contributed by atoms with Gasteiger partial charge in [0.15, 0.2) is 0 Å². The van der Waals surface area contributed by atoms with Gasteiger partial charge in [-0.2, -0.15) is 0 Å². The summed E-state index contributed by atoms with van der Waals surface area (Å²) < 4.78 is 0. The first-order valence-electron chi connectivity index (χ1n) is 6.81. The number of unbranched alkanes of at least 4 members (excludes halogenated alkanes) is 1. The number of hydrogen-bond acceptors (Lipinski definition) is 2. The normalized spacial score (nSPS) is 16.4. The van der Waals surface area contributed by atoms with Crippen LogP contribution >= 0.6 is 0 Å². The van der Waals surface area contributed by atoms with E-state index in [9.17, 15) is 9.59 Å². The zero-order chi connectivity index (χ0) is 13.4. The number of hydrogen-bond donors (Lipinski definition) is 1. The maximum absolute atomic E-state index is 11.9. The second-order valence-corrected chi connectivity index (χ2v) is 5.02. The molecular weight excluding hydrogens is 228 g/mol. The molecule has 0 atom stereocenters. The molecule has 0 saturated carbocycles. The summed E-state index contributed by atoms with van der Waals surface area (Å²) in [6.07, 6.45) is 5.79. The lowest BCUT2D eigenvalue weighted by Crippen LogP contribution is -2.37. The topological polar surface area (TPSA) is 49.4 Å². The van der Waals surface area contributed by atoms with Crippen molar-refractivity contribution < 1.29 is 9.59 Å². The summed E-state index contributed by atoms with van der Waals surface area (Å²) in [5.74, 6) is 0.867. The van der Waals surface area contributed by atoms with Crippen LogP contribution in [0.5, 0.6) is 0 Å². The molecule has 0 aromatic heterocycles. The fraction of sp³-hybridized carbons (Fsp3) is 0.714. The van der Waals surface area contributed by atoms with Crippen molar-refractivity contribution in [2.24, 2.45) is 5.92 Å². The van der Waals surface area contributed by atoms with Crippen LogP contribution in [0.2, 0.25) is 0 Å². The second-order valence-electron chi connectivity index (χ2n) is 5.02. The highest BCUT2D eigenvalue weighted by molar-refractivity contribution is 5.86. The van der Waals surface area contributed by atoms with Crippen molar-refractivity contribution in [2.45, 2.75) is 39.0 Å². The molecule has 2 amide bonds. The molecule has 0 aromatic carbocycles. The third-order valence-electron chi connectivity index (χ3n) is 3.44. The van der Waals surface area contributed by atoms with Gasteiger partial charge in [-0.1, -0.05) is 13.5 Å². The number of amides is 2. The lowest BCUT2D eigenvalue weighted by atomic mass is 9.99. The maximum Gasteiger partial charge on any atom is 0.243 e. The predicted molar refractivity (Wildman–Crippen MR) is 72.0 cm³/mol. The van der Waals surface area contributed by atoms with Crippen LogP contribution < -0.4 is 5.32 Å². The van der Waals surface area contributed by atoms with E-state index in [2.05, 4.69) is 18.8 Å². The number of carbonyl (C=O) groups is 2. The van der Waals surface area contributed by atoms with Gasteiger partial charge >= 0.3 is 0 Å². The van der Waals surface area contributed by atoms with E-state index in [0.717, 1.165) is 44.7 Å². The van der Waals surface area contributed by atoms with E-state index in [4.69, 9.17) is 0 Å². The van der Waals surface area contributed by atoms with Gasteiger partial charge in [-0.25, -0.2) is 0 Å². The minimum atomic E-state index is -0.147. The molecule has 1 aliphatic rings.